The number of hydrogen-bond acceptors (Lipinski definition) is 6. The Balaban J connectivity index is 1.14. The minimum absolute atomic E-state index is 0.00940. The molecule has 0 spiro atoms. The Morgan fingerprint density at radius 2 is 1.68 bits per heavy atom. The van der Waals surface area contributed by atoms with Crippen LogP contribution < -0.4 is 16.0 Å². The van der Waals surface area contributed by atoms with Crippen molar-refractivity contribution in [2.24, 2.45) is 0 Å². The van der Waals surface area contributed by atoms with Crippen molar-refractivity contribution in [3.63, 3.8) is 0 Å². The zero-order chi connectivity index (χ0) is 32.8. The van der Waals surface area contributed by atoms with Gasteiger partial charge in [0.05, 0.1) is 36.9 Å². The molecule has 1 unspecified atom stereocenters. The highest BCUT2D eigenvalue weighted by atomic mass is 35.5. The topological polar surface area (TPSA) is 117 Å². The van der Waals surface area contributed by atoms with Crippen molar-refractivity contribution in [1.82, 2.24) is 20.6 Å². The average molecular weight is 652 g/mol. The van der Waals surface area contributed by atoms with E-state index in [9.17, 15) is 9.59 Å². The maximum atomic E-state index is 14.1. The molecule has 0 aliphatic carbocycles. The van der Waals surface area contributed by atoms with Crippen molar-refractivity contribution in [3.8, 4) is 0 Å². The number of H-pyrrole nitrogens is 1. The summed E-state index contributed by atoms with van der Waals surface area (Å²) in [6.07, 6.45) is 0.746. The lowest BCUT2D eigenvalue weighted by atomic mass is 9.84. The minimum Gasteiger partial charge on any atom is -0.453 e. The number of nitrogens with zero attached hydrogens (tertiary/aromatic N) is 1. The van der Waals surface area contributed by atoms with Crippen molar-refractivity contribution in [2.75, 3.05) is 25.6 Å². The number of ether oxygens (including phenoxy) is 2. The van der Waals surface area contributed by atoms with Gasteiger partial charge in [0.25, 0.3) is 0 Å². The van der Waals surface area contributed by atoms with Crippen LogP contribution in [0, 0.1) is 6.92 Å². The molecule has 0 radical (unpaired) electrons. The number of aryl methyl sites for hydroxylation is 2. The molecule has 5 aromatic rings. The predicted octanol–water partition coefficient (Wildman–Crippen LogP) is 6.68. The van der Waals surface area contributed by atoms with Gasteiger partial charge in [-0.05, 0) is 60.2 Å². The zero-order valence-corrected chi connectivity index (χ0v) is 27.1. The molecular weight excluding hydrogens is 614 g/mol. The van der Waals surface area contributed by atoms with Crippen LogP contribution in [0.4, 0.5) is 10.5 Å². The van der Waals surface area contributed by atoms with Gasteiger partial charge in [-0.3, -0.25) is 4.79 Å². The van der Waals surface area contributed by atoms with Crippen LogP contribution in [-0.4, -0.2) is 54.4 Å². The minimum atomic E-state index is -0.943. The first-order chi connectivity index (χ1) is 22.9. The summed E-state index contributed by atoms with van der Waals surface area (Å²) in [6, 6.07) is 29.9. The second kappa shape index (κ2) is 14.8. The molecule has 10 heteroatoms. The number of para-hydroxylation sites is 1. The first kappa shape index (κ1) is 32.2. The van der Waals surface area contributed by atoms with E-state index >= 15 is 0 Å². The standard InChI is InChI=1S/C37H38ClN5O4/c1-23-19-27(38)20-30-33(23)42-35(40-30)31-22-47-28(21-39-31)18-17-24-11-9-10-16-29(24)41-36(44)34(43-37(45)46-2)32(25-12-5-3-6-13-25)26-14-7-4-8-15-26/h3-16,19-20,28,31-32,34,39H,17-18,21-22H2,1-2H3,(H,40,42)(H,41,44)(H,43,45)/t28-,31+,34?/m1/s1. The molecule has 2 heterocycles. The maximum Gasteiger partial charge on any atom is 0.407 e. The van der Waals surface area contributed by atoms with Gasteiger partial charge < -0.3 is 30.4 Å². The fourth-order valence-corrected chi connectivity index (χ4v) is 6.46. The van der Waals surface area contributed by atoms with Crippen molar-refractivity contribution in [1.29, 1.82) is 0 Å². The monoisotopic (exact) mass is 651 g/mol. The average Bonchev–Trinajstić information content (AvgIpc) is 3.53. The Kier molecular flexibility index (Phi) is 10.2. The molecule has 9 nitrogen and oxygen atoms in total. The third-order valence-corrected chi connectivity index (χ3v) is 8.80. The smallest absolute Gasteiger partial charge is 0.407 e. The molecule has 0 bridgehead atoms. The van der Waals surface area contributed by atoms with Crippen LogP contribution in [0.3, 0.4) is 0 Å². The number of morpholine rings is 1. The quantitative estimate of drug-likeness (QED) is 0.134. The van der Waals surface area contributed by atoms with E-state index in [0.29, 0.717) is 30.3 Å². The Bertz CT molecular complexity index is 1780. The Hall–Kier alpha value is -4.70. The molecule has 4 N–H and O–H groups in total. The number of benzene rings is 4. The summed E-state index contributed by atoms with van der Waals surface area (Å²) in [6.45, 7) is 3.15. The summed E-state index contributed by atoms with van der Waals surface area (Å²) in [5.74, 6) is 0.0311. The summed E-state index contributed by atoms with van der Waals surface area (Å²) in [5, 5.41) is 10.2. The second-order valence-corrected chi connectivity index (χ2v) is 12.2. The number of nitrogens with one attached hydrogen (secondary N) is 4. The summed E-state index contributed by atoms with van der Waals surface area (Å²) in [5.41, 5.74) is 6.30. The lowest BCUT2D eigenvalue weighted by Crippen LogP contribution is -2.48. The number of carbonyl (C=O) groups excluding carboxylic acids is 2. The highest BCUT2D eigenvalue weighted by Gasteiger charge is 2.33. The van der Waals surface area contributed by atoms with Crippen LogP contribution in [0.5, 0.6) is 0 Å². The predicted molar refractivity (Wildman–Crippen MR) is 184 cm³/mol. The Labute approximate surface area is 279 Å². The molecule has 3 atom stereocenters. The van der Waals surface area contributed by atoms with Crippen LogP contribution >= 0.6 is 11.6 Å². The number of hydrogen-bond donors (Lipinski definition) is 4. The fraction of sp³-hybridized carbons (Fsp3) is 0.270. The van der Waals surface area contributed by atoms with Gasteiger partial charge in [0.1, 0.15) is 11.9 Å². The molecule has 0 saturated carbocycles. The van der Waals surface area contributed by atoms with Crippen LogP contribution in [0.25, 0.3) is 11.0 Å². The molecular formula is C37H38ClN5O4. The van der Waals surface area contributed by atoms with Crippen molar-refractivity contribution in [2.45, 2.75) is 43.9 Å². The molecule has 2 amide bonds. The Morgan fingerprint density at radius 1 is 1.00 bits per heavy atom. The van der Waals surface area contributed by atoms with Crippen molar-refractivity contribution < 1.29 is 19.1 Å². The summed E-state index contributed by atoms with van der Waals surface area (Å²) < 4.78 is 11.2. The first-order valence-corrected chi connectivity index (χ1v) is 16.1. The van der Waals surface area contributed by atoms with E-state index in [0.717, 1.165) is 45.5 Å². The van der Waals surface area contributed by atoms with Gasteiger partial charge in [-0.25, -0.2) is 9.78 Å². The molecule has 1 aliphatic heterocycles. The van der Waals surface area contributed by atoms with E-state index < -0.39 is 18.1 Å². The van der Waals surface area contributed by atoms with Gasteiger partial charge in [0, 0.05) is 23.2 Å². The molecule has 1 aliphatic rings. The van der Waals surface area contributed by atoms with Crippen molar-refractivity contribution >= 4 is 40.3 Å². The second-order valence-electron chi connectivity index (χ2n) is 11.8. The van der Waals surface area contributed by atoms with E-state index in [1.54, 1.807) is 0 Å². The van der Waals surface area contributed by atoms with Crippen LogP contribution in [0.15, 0.2) is 97.1 Å². The molecule has 6 rings (SSSR count). The van der Waals surface area contributed by atoms with E-state index in [1.807, 2.05) is 104 Å². The molecule has 242 valence electrons. The van der Waals surface area contributed by atoms with Crippen LogP contribution in [0.2, 0.25) is 5.02 Å². The van der Waals surface area contributed by atoms with Gasteiger partial charge in [0.15, 0.2) is 0 Å². The fourth-order valence-electron chi connectivity index (χ4n) is 6.19. The maximum absolute atomic E-state index is 14.1. The zero-order valence-electron chi connectivity index (χ0n) is 26.3. The number of imidazole rings is 1. The lowest BCUT2D eigenvalue weighted by Gasteiger charge is -2.30. The van der Waals surface area contributed by atoms with E-state index in [4.69, 9.17) is 26.1 Å². The molecule has 1 saturated heterocycles. The third-order valence-electron chi connectivity index (χ3n) is 8.58. The van der Waals surface area contributed by atoms with Crippen LogP contribution in [-0.2, 0) is 20.7 Å². The van der Waals surface area contributed by atoms with Gasteiger partial charge >= 0.3 is 6.09 Å². The summed E-state index contributed by atoms with van der Waals surface area (Å²) in [4.78, 5) is 34.8. The number of aromatic amines is 1. The van der Waals surface area contributed by atoms with E-state index in [2.05, 4.69) is 20.9 Å². The number of aromatic nitrogens is 2. The molecule has 4 aromatic carbocycles. The number of methoxy groups -OCH3 is 1. The number of alkyl carbamates (subject to hydrolysis) is 1. The van der Waals surface area contributed by atoms with Gasteiger partial charge in [-0.15, -0.1) is 0 Å². The lowest BCUT2D eigenvalue weighted by molar-refractivity contribution is -0.118. The number of rotatable bonds is 10. The molecule has 1 aromatic heterocycles. The third kappa shape index (κ3) is 7.65. The van der Waals surface area contributed by atoms with Gasteiger partial charge in [-0.1, -0.05) is 90.5 Å². The molecule has 1 fully saturated rings. The van der Waals surface area contributed by atoms with Crippen LogP contribution in [0.1, 0.15) is 46.5 Å². The Morgan fingerprint density at radius 3 is 2.34 bits per heavy atom. The van der Waals surface area contributed by atoms with Gasteiger partial charge in [0.2, 0.25) is 5.91 Å². The largest absolute Gasteiger partial charge is 0.453 e. The SMILES string of the molecule is COC(=O)NC(C(=O)Nc1ccccc1CC[C@@H]1CN[C@H](c2nc3c(C)cc(Cl)cc3[nH]2)CO1)C(c1ccccc1)c1ccccc1. The number of carbonyl (C=O) groups is 2. The number of fused-ring (bicyclic) bond motifs is 1. The van der Waals surface area contributed by atoms with Crippen molar-refractivity contribution in [3.05, 3.63) is 130 Å². The van der Waals surface area contributed by atoms with E-state index in [-0.39, 0.29) is 18.1 Å². The summed E-state index contributed by atoms with van der Waals surface area (Å²) in [7, 11) is 1.29. The summed E-state index contributed by atoms with van der Waals surface area (Å²) >= 11 is 6.24. The van der Waals surface area contributed by atoms with E-state index in [1.165, 1.54) is 7.11 Å². The number of amides is 2. The van der Waals surface area contributed by atoms with Gasteiger partial charge in [-0.2, -0.15) is 0 Å². The number of anilines is 1. The normalized spacial score (nSPS) is 16.9. The molecule has 47 heavy (non-hydrogen) atoms. The highest BCUT2D eigenvalue weighted by Crippen LogP contribution is 2.30. The first-order valence-electron chi connectivity index (χ1n) is 15.7. The number of halogens is 1. The highest BCUT2D eigenvalue weighted by molar-refractivity contribution is 6.31.